The van der Waals surface area contributed by atoms with Gasteiger partial charge < -0.3 is 5.32 Å². The number of carbonyl (C=O) groups is 1. The fourth-order valence-corrected chi connectivity index (χ4v) is 1.77. The number of benzene rings is 1. The molecule has 0 atom stereocenters. The summed E-state index contributed by atoms with van der Waals surface area (Å²) in [6.45, 7) is 0.414. The van der Waals surface area contributed by atoms with Crippen molar-refractivity contribution in [1.29, 1.82) is 0 Å². The summed E-state index contributed by atoms with van der Waals surface area (Å²) in [6.07, 6.45) is 0.109. The SMILES string of the molecule is CNC(=O)Cc1nnn(Cc2ccc(Cl)c(Cl)c2)n1. The molecule has 2 aromatic rings. The van der Waals surface area contributed by atoms with E-state index in [1.165, 1.54) is 4.80 Å². The minimum atomic E-state index is -0.158. The third-order valence-corrected chi connectivity index (χ3v) is 3.14. The highest BCUT2D eigenvalue weighted by molar-refractivity contribution is 6.42. The zero-order chi connectivity index (χ0) is 13.8. The lowest BCUT2D eigenvalue weighted by molar-refractivity contribution is -0.120. The average Bonchev–Trinajstić information content (AvgIpc) is 2.81. The van der Waals surface area contributed by atoms with Crippen LogP contribution in [0.1, 0.15) is 11.4 Å². The standard InChI is InChI=1S/C11H11Cl2N5O/c1-14-11(19)5-10-15-17-18(16-10)6-7-2-3-8(12)9(13)4-7/h2-4H,5-6H2,1H3,(H,14,19). The normalized spacial score (nSPS) is 10.5. The molecule has 100 valence electrons. The van der Waals surface area contributed by atoms with Gasteiger partial charge in [-0.25, -0.2) is 0 Å². The Morgan fingerprint density at radius 3 is 2.84 bits per heavy atom. The van der Waals surface area contributed by atoms with Gasteiger partial charge in [0, 0.05) is 7.05 Å². The van der Waals surface area contributed by atoms with Crippen LogP contribution in [0.4, 0.5) is 0 Å². The summed E-state index contributed by atoms with van der Waals surface area (Å²) in [6, 6.07) is 5.28. The summed E-state index contributed by atoms with van der Waals surface area (Å²) in [5.74, 6) is 0.216. The molecule has 0 fully saturated rings. The number of nitrogens with one attached hydrogen (secondary N) is 1. The first-order valence-corrected chi connectivity index (χ1v) is 6.25. The number of hydrogen-bond acceptors (Lipinski definition) is 4. The lowest BCUT2D eigenvalue weighted by atomic mass is 10.2. The van der Waals surface area contributed by atoms with Crippen LogP contribution in [0.25, 0.3) is 0 Å². The molecule has 8 heteroatoms. The third kappa shape index (κ3) is 3.65. The first kappa shape index (κ1) is 13.8. The van der Waals surface area contributed by atoms with Gasteiger partial charge in [-0.1, -0.05) is 29.3 Å². The van der Waals surface area contributed by atoms with Crippen molar-refractivity contribution in [3.8, 4) is 0 Å². The highest BCUT2D eigenvalue weighted by Crippen LogP contribution is 2.22. The van der Waals surface area contributed by atoms with E-state index >= 15 is 0 Å². The predicted octanol–water partition coefficient (Wildman–Crippen LogP) is 1.32. The third-order valence-electron chi connectivity index (χ3n) is 2.40. The maximum atomic E-state index is 11.2. The van der Waals surface area contributed by atoms with Crippen LogP contribution >= 0.6 is 23.2 Å². The van der Waals surface area contributed by atoms with Gasteiger partial charge in [-0.05, 0) is 22.9 Å². The van der Waals surface area contributed by atoms with Gasteiger partial charge in [0.1, 0.15) is 0 Å². The van der Waals surface area contributed by atoms with Gasteiger partial charge in [-0.2, -0.15) is 4.80 Å². The molecule has 0 radical (unpaired) electrons. The summed E-state index contributed by atoms with van der Waals surface area (Å²) in [5, 5.41) is 15.2. The van der Waals surface area contributed by atoms with Crippen molar-refractivity contribution in [1.82, 2.24) is 25.5 Å². The second-order valence-corrected chi connectivity index (χ2v) is 4.65. The van der Waals surface area contributed by atoms with Gasteiger partial charge in [0.05, 0.1) is 23.0 Å². The Balaban J connectivity index is 2.07. The average molecular weight is 300 g/mol. The molecule has 0 saturated carbocycles. The van der Waals surface area contributed by atoms with Gasteiger partial charge in [0.15, 0.2) is 5.82 Å². The minimum absolute atomic E-state index is 0.109. The zero-order valence-electron chi connectivity index (χ0n) is 10.1. The monoisotopic (exact) mass is 299 g/mol. The van der Waals surface area contributed by atoms with E-state index in [0.29, 0.717) is 22.4 Å². The summed E-state index contributed by atoms with van der Waals surface area (Å²) in [7, 11) is 1.56. The maximum absolute atomic E-state index is 11.2. The summed E-state index contributed by atoms with van der Waals surface area (Å²) in [4.78, 5) is 12.6. The molecule has 0 aliphatic heterocycles. The lowest BCUT2D eigenvalue weighted by Gasteiger charge is -2.01. The second kappa shape index (κ2) is 5.99. The van der Waals surface area contributed by atoms with E-state index in [1.807, 2.05) is 6.07 Å². The Bertz CT molecular complexity index is 599. The molecule has 2 rings (SSSR count). The molecule has 0 aliphatic carbocycles. The quantitative estimate of drug-likeness (QED) is 0.924. The molecule has 1 aromatic carbocycles. The molecule has 0 aliphatic rings. The summed E-state index contributed by atoms with van der Waals surface area (Å²) in [5.41, 5.74) is 0.901. The van der Waals surface area contributed by atoms with E-state index in [1.54, 1.807) is 19.2 Å². The van der Waals surface area contributed by atoms with Crippen molar-refractivity contribution in [2.45, 2.75) is 13.0 Å². The van der Waals surface area contributed by atoms with Gasteiger partial charge in [0.2, 0.25) is 5.91 Å². The van der Waals surface area contributed by atoms with E-state index in [9.17, 15) is 4.79 Å². The number of tetrazole rings is 1. The molecule has 0 saturated heterocycles. The number of carbonyl (C=O) groups excluding carboxylic acids is 1. The smallest absolute Gasteiger partial charge is 0.227 e. The fraction of sp³-hybridized carbons (Fsp3) is 0.273. The number of amides is 1. The van der Waals surface area contributed by atoms with Crippen LogP contribution in [0.3, 0.4) is 0 Å². The van der Waals surface area contributed by atoms with E-state index in [4.69, 9.17) is 23.2 Å². The second-order valence-electron chi connectivity index (χ2n) is 3.83. The molecule has 0 unspecified atom stereocenters. The van der Waals surface area contributed by atoms with E-state index in [-0.39, 0.29) is 12.3 Å². The van der Waals surface area contributed by atoms with Gasteiger partial charge in [-0.15, -0.1) is 10.2 Å². The van der Waals surface area contributed by atoms with Crippen molar-refractivity contribution in [2.24, 2.45) is 0 Å². The number of hydrogen-bond donors (Lipinski definition) is 1. The van der Waals surface area contributed by atoms with E-state index < -0.39 is 0 Å². The highest BCUT2D eigenvalue weighted by Gasteiger charge is 2.08. The van der Waals surface area contributed by atoms with Gasteiger partial charge in [-0.3, -0.25) is 4.79 Å². The Morgan fingerprint density at radius 2 is 2.16 bits per heavy atom. The number of aromatic nitrogens is 4. The van der Waals surface area contributed by atoms with Gasteiger partial charge in [0.25, 0.3) is 0 Å². The van der Waals surface area contributed by atoms with E-state index in [2.05, 4.69) is 20.7 Å². The maximum Gasteiger partial charge on any atom is 0.227 e. The van der Waals surface area contributed by atoms with Crippen molar-refractivity contribution in [3.05, 3.63) is 39.6 Å². The van der Waals surface area contributed by atoms with Crippen LogP contribution in [0.15, 0.2) is 18.2 Å². The number of nitrogens with zero attached hydrogens (tertiary/aromatic N) is 4. The Labute approximate surface area is 119 Å². The van der Waals surface area contributed by atoms with Crippen LogP contribution in [0.5, 0.6) is 0 Å². The van der Waals surface area contributed by atoms with Crippen LogP contribution in [-0.4, -0.2) is 33.2 Å². The Morgan fingerprint density at radius 1 is 1.37 bits per heavy atom. The topological polar surface area (TPSA) is 72.7 Å². The molecule has 1 amide bonds. The predicted molar refractivity (Wildman–Crippen MR) is 71.2 cm³/mol. The lowest BCUT2D eigenvalue weighted by Crippen LogP contribution is -2.20. The molecular formula is C11H11Cl2N5O. The molecule has 19 heavy (non-hydrogen) atoms. The first-order valence-electron chi connectivity index (χ1n) is 5.49. The molecular weight excluding hydrogens is 289 g/mol. The van der Waals surface area contributed by atoms with Crippen LogP contribution in [-0.2, 0) is 17.8 Å². The summed E-state index contributed by atoms with van der Waals surface area (Å²) >= 11 is 11.8. The number of rotatable bonds is 4. The molecule has 0 bridgehead atoms. The molecule has 0 spiro atoms. The Kier molecular flexibility index (Phi) is 4.34. The molecule has 6 nitrogen and oxygen atoms in total. The number of likely N-dealkylation sites (N-methyl/N-ethyl adjacent to an activating group) is 1. The van der Waals surface area contributed by atoms with Crippen molar-refractivity contribution >= 4 is 29.1 Å². The molecule has 1 N–H and O–H groups in total. The molecule has 1 aromatic heterocycles. The van der Waals surface area contributed by atoms with Gasteiger partial charge >= 0.3 is 0 Å². The van der Waals surface area contributed by atoms with Crippen molar-refractivity contribution in [2.75, 3.05) is 7.05 Å². The zero-order valence-corrected chi connectivity index (χ0v) is 11.6. The first-order chi connectivity index (χ1) is 9.08. The largest absolute Gasteiger partial charge is 0.359 e. The Hall–Kier alpha value is -1.66. The number of halogens is 2. The van der Waals surface area contributed by atoms with Crippen LogP contribution < -0.4 is 5.32 Å². The van der Waals surface area contributed by atoms with Crippen molar-refractivity contribution < 1.29 is 4.79 Å². The van der Waals surface area contributed by atoms with Crippen molar-refractivity contribution in [3.63, 3.8) is 0 Å². The summed E-state index contributed by atoms with van der Waals surface area (Å²) < 4.78 is 0. The van der Waals surface area contributed by atoms with Crippen LogP contribution in [0.2, 0.25) is 10.0 Å². The minimum Gasteiger partial charge on any atom is -0.359 e. The highest BCUT2D eigenvalue weighted by atomic mass is 35.5. The fourth-order valence-electron chi connectivity index (χ4n) is 1.45. The van der Waals surface area contributed by atoms with Crippen LogP contribution in [0, 0.1) is 0 Å². The van der Waals surface area contributed by atoms with E-state index in [0.717, 1.165) is 5.56 Å². The molecule has 1 heterocycles.